The third kappa shape index (κ3) is 10.0. The fourth-order valence-corrected chi connectivity index (χ4v) is 1.28. The second-order valence-electron chi connectivity index (χ2n) is 3.83. The molecule has 6 N–H and O–H groups in total. The predicted octanol–water partition coefficient (Wildman–Crippen LogP) is 0.431. The van der Waals surface area contributed by atoms with Crippen LogP contribution in [0.25, 0.3) is 0 Å². The Bertz CT molecular complexity index is 498. The number of anilines is 2. The third-order valence-electron chi connectivity index (χ3n) is 2.00. The molecule has 0 fully saturated rings. The average Bonchev–Trinajstić information content (AvgIpc) is 2.40. The van der Waals surface area contributed by atoms with Gasteiger partial charge >= 0.3 is 0 Å². The number of hydrogen-bond acceptors (Lipinski definition) is 4. The molecule has 0 saturated heterocycles. The van der Waals surface area contributed by atoms with Crippen LogP contribution in [0.15, 0.2) is 49.1 Å². The van der Waals surface area contributed by atoms with Crippen LogP contribution < -0.4 is 10.6 Å². The van der Waals surface area contributed by atoms with E-state index in [9.17, 15) is 9.59 Å². The van der Waals surface area contributed by atoms with Gasteiger partial charge in [0.05, 0.1) is 0 Å². The highest BCUT2D eigenvalue weighted by molar-refractivity contribution is 5.88. The van der Waals surface area contributed by atoms with Crippen molar-refractivity contribution < 1.29 is 20.5 Å². The van der Waals surface area contributed by atoms with E-state index in [1.165, 1.54) is 13.8 Å². The normalized spacial score (nSPS) is 8.09. The highest BCUT2D eigenvalue weighted by atomic mass is 16.2. The van der Waals surface area contributed by atoms with Crippen molar-refractivity contribution in [3.63, 3.8) is 0 Å². The molecule has 8 heteroatoms. The van der Waals surface area contributed by atoms with Crippen LogP contribution in [-0.4, -0.2) is 32.7 Å². The van der Waals surface area contributed by atoms with E-state index in [-0.39, 0.29) is 22.8 Å². The van der Waals surface area contributed by atoms with Crippen molar-refractivity contribution in [1.29, 1.82) is 0 Å². The second-order valence-corrected chi connectivity index (χ2v) is 3.83. The number of nitrogens with zero attached hydrogens (tertiary/aromatic N) is 2. The maximum absolute atomic E-state index is 10.5. The summed E-state index contributed by atoms with van der Waals surface area (Å²) < 4.78 is 0. The molecule has 0 aliphatic rings. The minimum absolute atomic E-state index is 0. The van der Waals surface area contributed by atoms with E-state index in [2.05, 4.69) is 20.6 Å². The number of hydrogen-bond donors (Lipinski definition) is 2. The van der Waals surface area contributed by atoms with Gasteiger partial charge < -0.3 is 21.6 Å². The highest BCUT2D eigenvalue weighted by Crippen LogP contribution is 2.02. The first-order valence-corrected chi connectivity index (χ1v) is 5.93. The summed E-state index contributed by atoms with van der Waals surface area (Å²) in [6.07, 6.45) is 6.52. The molecule has 0 unspecified atom stereocenters. The molecular weight excluding hydrogens is 288 g/mol. The first-order valence-electron chi connectivity index (χ1n) is 5.93. The molecule has 0 saturated carbocycles. The van der Waals surface area contributed by atoms with Gasteiger partial charge in [0, 0.05) is 50.0 Å². The lowest BCUT2D eigenvalue weighted by Crippen LogP contribution is -2.05. The molecule has 120 valence electrons. The largest absolute Gasteiger partial charge is 0.412 e. The molecule has 2 heterocycles. The number of rotatable bonds is 2. The Balaban J connectivity index is 0. The van der Waals surface area contributed by atoms with Crippen molar-refractivity contribution >= 4 is 23.2 Å². The number of amides is 2. The van der Waals surface area contributed by atoms with Gasteiger partial charge in [0.25, 0.3) is 0 Å². The van der Waals surface area contributed by atoms with E-state index in [0.29, 0.717) is 0 Å². The Labute approximate surface area is 128 Å². The maximum atomic E-state index is 10.5. The topological polar surface area (TPSA) is 147 Å². The summed E-state index contributed by atoms with van der Waals surface area (Å²) >= 11 is 0. The summed E-state index contributed by atoms with van der Waals surface area (Å²) in [6, 6.07) is 6.95. The number of nitrogens with one attached hydrogen (secondary N) is 2. The van der Waals surface area contributed by atoms with Gasteiger partial charge in [-0.05, 0) is 24.3 Å². The smallest absolute Gasteiger partial charge is 0.221 e. The van der Waals surface area contributed by atoms with Crippen molar-refractivity contribution in [2.24, 2.45) is 0 Å². The van der Waals surface area contributed by atoms with Crippen LogP contribution in [0, 0.1) is 0 Å². The van der Waals surface area contributed by atoms with Gasteiger partial charge in [-0.1, -0.05) is 0 Å². The molecule has 0 aliphatic carbocycles. The molecule has 2 amide bonds. The molecule has 0 aromatic carbocycles. The van der Waals surface area contributed by atoms with E-state index >= 15 is 0 Å². The average molecular weight is 308 g/mol. The van der Waals surface area contributed by atoms with Crippen LogP contribution in [0.5, 0.6) is 0 Å². The van der Waals surface area contributed by atoms with Gasteiger partial charge in [-0.25, -0.2) is 0 Å². The summed E-state index contributed by atoms with van der Waals surface area (Å²) in [4.78, 5) is 28.6. The van der Waals surface area contributed by atoms with Crippen LogP contribution >= 0.6 is 0 Å². The summed E-state index contributed by atoms with van der Waals surface area (Å²) in [7, 11) is 0. The van der Waals surface area contributed by atoms with Crippen molar-refractivity contribution in [2.75, 3.05) is 10.6 Å². The Morgan fingerprint density at radius 2 is 1.00 bits per heavy atom. The Hall–Kier alpha value is -2.84. The summed E-state index contributed by atoms with van der Waals surface area (Å²) in [6.45, 7) is 2.95. The van der Waals surface area contributed by atoms with Gasteiger partial charge in [-0.2, -0.15) is 0 Å². The number of carbonyl (C=O) groups is 2. The minimum atomic E-state index is -0.0637. The minimum Gasteiger partial charge on any atom is -0.412 e. The van der Waals surface area contributed by atoms with E-state index < -0.39 is 0 Å². The van der Waals surface area contributed by atoms with Crippen LogP contribution in [0.3, 0.4) is 0 Å². The quantitative estimate of drug-likeness (QED) is 0.827. The molecule has 0 spiro atoms. The van der Waals surface area contributed by atoms with Crippen molar-refractivity contribution in [2.45, 2.75) is 13.8 Å². The standard InChI is InChI=1S/2C7H8N2O.2H2O/c2*1-6(10)9-7-2-4-8-5-3-7;;/h2*2-5H,1H3,(H,8,9,10);2*1H2. The van der Waals surface area contributed by atoms with E-state index in [0.717, 1.165) is 11.4 Å². The van der Waals surface area contributed by atoms with Gasteiger partial charge in [0.15, 0.2) is 0 Å². The van der Waals surface area contributed by atoms with Crippen molar-refractivity contribution in [3.8, 4) is 0 Å². The Kier molecular flexibility index (Phi) is 11.6. The van der Waals surface area contributed by atoms with Gasteiger partial charge in [0.2, 0.25) is 11.8 Å². The number of pyridine rings is 2. The molecule has 8 nitrogen and oxygen atoms in total. The lowest BCUT2D eigenvalue weighted by Gasteiger charge is -1.97. The van der Waals surface area contributed by atoms with Crippen LogP contribution in [0.1, 0.15) is 13.8 Å². The lowest BCUT2D eigenvalue weighted by atomic mass is 10.4. The monoisotopic (exact) mass is 308 g/mol. The molecule has 0 bridgehead atoms. The van der Waals surface area contributed by atoms with Crippen LogP contribution in [0.4, 0.5) is 11.4 Å². The summed E-state index contributed by atoms with van der Waals surface area (Å²) in [5.74, 6) is -0.127. The molecule has 0 radical (unpaired) electrons. The highest BCUT2D eigenvalue weighted by Gasteiger charge is 1.91. The van der Waals surface area contributed by atoms with E-state index in [4.69, 9.17) is 0 Å². The molecular formula is C14H20N4O4. The predicted molar refractivity (Wildman–Crippen MR) is 84.3 cm³/mol. The fourth-order valence-electron chi connectivity index (χ4n) is 1.28. The van der Waals surface area contributed by atoms with Crippen molar-refractivity contribution in [3.05, 3.63) is 49.1 Å². The molecule has 22 heavy (non-hydrogen) atoms. The molecule has 2 aromatic heterocycles. The number of aromatic nitrogens is 2. The molecule has 2 rings (SSSR count). The summed E-state index contributed by atoms with van der Waals surface area (Å²) in [5, 5.41) is 5.25. The maximum Gasteiger partial charge on any atom is 0.221 e. The zero-order valence-electron chi connectivity index (χ0n) is 12.3. The fraction of sp³-hybridized carbons (Fsp3) is 0.143. The number of carbonyl (C=O) groups excluding carboxylic acids is 2. The lowest BCUT2D eigenvalue weighted by molar-refractivity contribution is -0.115. The van der Waals surface area contributed by atoms with Gasteiger partial charge in [0.1, 0.15) is 0 Å². The third-order valence-corrected chi connectivity index (χ3v) is 2.00. The first-order chi connectivity index (χ1) is 9.58. The SMILES string of the molecule is CC(=O)Nc1ccncc1.CC(=O)Nc1ccncc1.O.O. The second kappa shape index (κ2) is 11.9. The van der Waals surface area contributed by atoms with Crippen LogP contribution in [-0.2, 0) is 9.59 Å². The Morgan fingerprint density at radius 3 is 1.23 bits per heavy atom. The van der Waals surface area contributed by atoms with E-state index in [1.54, 1.807) is 49.1 Å². The molecule has 0 aliphatic heterocycles. The van der Waals surface area contributed by atoms with Crippen LogP contribution in [0.2, 0.25) is 0 Å². The molecule has 2 aromatic rings. The zero-order valence-corrected chi connectivity index (χ0v) is 12.3. The van der Waals surface area contributed by atoms with Crippen molar-refractivity contribution in [1.82, 2.24) is 9.97 Å². The van der Waals surface area contributed by atoms with Gasteiger partial charge in [-0.3, -0.25) is 19.6 Å². The first kappa shape index (κ1) is 21.5. The Morgan fingerprint density at radius 1 is 0.727 bits per heavy atom. The zero-order chi connectivity index (χ0) is 14.8. The van der Waals surface area contributed by atoms with Gasteiger partial charge in [-0.15, -0.1) is 0 Å². The summed E-state index contributed by atoms with van der Waals surface area (Å²) in [5.41, 5.74) is 1.56. The van der Waals surface area contributed by atoms with E-state index in [1.807, 2.05) is 0 Å². The molecule has 0 atom stereocenters.